The quantitative estimate of drug-likeness (QED) is 0.379. The number of rotatable bonds is 5. The van der Waals surface area contributed by atoms with Crippen LogP contribution in [0, 0.1) is 6.92 Å². The van der Waals surface area contributed by atoms with Crippen LogP contribution in [0.25, 0.3) is 0 Å². The van der Waals surface area contributed by atoms with Gasteiger partial charge in [-0.3, -0.25) is 4.98 Å². The molecular weight excluding hydrogens is 266 g/mol. The number of hydrogen-bond donors (Lipinski definition) is 2. The fourth-order valence-corrected chi connectivity index (χ4v) is 2.20. The number of nitrogens with zero attached hydrogens (tertiary/aromatic N) is 4. The van der Waals surface area contributed by atoms with Crippen molar-refractivity contribution in [1.29, 1.82) is 0 Å². The largest absolute Gasteiger partial charge is 0.409 e. The summed E-state index contributed by atoms with van der Waals surface area (Å²) in [7, 11) is 0. The average Bonchev–Trinajstić information content (AvgIpc) is 2.52. The Hall–Kier alpha value is -2.63. The van der Waals surface area contributed by atoms with Gasteiger partial charge in [0.25, 0.3) is 0 Å². The minimum absolute atomic E-state index is 0.0729. The van der Waals surface area contributed by atoms with E-state index in [-0.39, 0.29) is 5.84 Å². The number of aromatic nitrogens is 2. The minimum atomic E-state index is 0.0729. The monoisotopic (exact) mass is 285 g/mol. The van der Waals surface area contributed by atoms with Crippen molar-refractivity contribution in [3.05, 3.63) is 53.5 Å². The van der Waals surface area contributed by atoms with Crippen molar-refractivity contribution in [2.45, 2.75) is 20.4 Å². The number of oxime groups is 1. The molecule has 2 aromatic heterocycles. The normalized spacial score (nSPS) is 11.4. The molecule has 2 aromatic rings. The van der Waals surface area contributed by atoms with Crippen molar-refractivity contribution in [1.82, 2.24) is 9.97 Å². The van der Waals surface area contributed by atoms with Gasteiger partial charge in [0, 0.05) is 31.7 Å². The van der Waals surface area contributed by atoms with Crippen LogP contribution in [0.2, 0.25) is 0 Å². The third-order valence-corrected chi connectivity index (χ3v) is 3.31. The summed E-state index contributed by atoms with van der Waals surface area (Å²) in [5.74, 6) is 0.786. The zero-order valence-electron chi connectivity index (χ0n) is 12.2. The Labute approximate surface area is 123 Å². The van der Waals surface area contributed by atoms with E-state index >= 15 is 0 Å². The number of pyridine rings is 2. The van der Waals surface area contributed by atoms with Crippen LogP contribution in [0.5, 0.6) is 0 Å². The van der Waals surface area contributed by atoms with Crippen LogP contribution in [-0.2, 0) is 6.54 Å². The second-order valence-corrected chi connectivity index (χ2v) is 4.68. The summed E-state index contributed by atoms with van der Waals surface area (Å²) < 4.78 is 0. The maximum atomic E-state index is 8.99. The molecule has 0 fully saturated rings. The van der Waals surface area contributed by atoms with Crippen LogP contribution in [0.15, 0.2) is 41.9 Å². The molecule has 3 N–H and O–H groups in total. The molecule has 0 aliphatic carbocycles. The Balaban J connectivity index is 2.41. The fraction of sp³-hybridized carbons (Fsp3) is 0.267. The Morgan fingerprint density at radius 2 is 2.00 bits per heavy atom. The van der Waals surface area contributed by atoms with Crippen molar-refractivity contribution in [2.75, 3.05) is 11.4 Å². The van der Waals surface area contributed by atoms with Gasteiger partial charge in [0.05, 0.1) is 5.56 Å². The van der Waals surface area contributed by atoms with Gasteiger partial charge in [0.1, 0.15) is 5.82 Å². The molecule has 0 amide bonds. The number of hydrogen-bond acceptors (Lipinski definition) is 5. The second-order valence-electron chi connectivity index (χ2n) is 4.68. The summed E-state index contributed by atoms with van der Waals surface area (Å²) in [6.07, 6.45) is 5.25. The van der Waals surface area contributed by atoms with Gasteiger partial charge >= 0.3 is 0 Å². The highest BCUT2D eigenvalue weighted by atomic mass is 16.4. The van der Waals surface area contributed by atoms with Gasteiger partial charge in [0.2, 0.25) is 0 Å². The Morgan fingerprint density at radius 1 is 1.29 bits per heavy atom. The van der Waals surface area contributed by atoms with E-state index in [9.17, 15) is 0 Å². The molecule has 0 bridgehead atoms. The number of anilines is 1. The van der Waals surface area contributed by atoms with Gasteiger partial charge in [-0.25, -0.2) is 4.98 Å². The molecule has 0 aliphatic heterocycles. The second kappa shape index (κ2) is 6.69. The lowest BCUT2D eigenvalue weighted by Gasteiger charge is -2.25. The molecule has 0 radical (unpaired) electrons. The van der Waals surface area contributed by atoms with E-state index in [1.165, 1.54) is 0 Å². The predicted octanol–water partition coefficient (Wildman–Crippen LogP) is 1.91. The Bertz CT molecular complexity index is 627. The molecule has 0 aromatic carbocycles. The van der Waals surface area contributed by atoms with E-state index in [1.807, 2.05) is 32.0 Å². The maximum Gasteiger partial charge on any atom is 0.174 e. The standard InChI is InChI=1S/C15H19N5O/c1-3-20(10-12-5-7-17-8-6-12)15-13(14(16)19-21)11(2)4-9-18-15/h4-9,21H,3,10H2,1-2H3,(H2,16,19). The molecular formula is C15H19N5O. The van der Waals surface area contributed by atoms with E-state index < -0.39 is 0 Å². The van der Waals surface area contributed by atoms with Gasteiger partial charge in [-0.05, 0) is 43.2 Å². The molecule has 0 unspecified atom stereocenters. The van der Waals surface area contributed by atoms with E-state index in [2.05, 4.69) is 20.0 Å². The highest BCUT2D eigenvalue weighted by molar-refractivity contribution is 6.02. The number of nitrogens with two attached hydrogens (primary N) is 1. The molecule has 0 atom stereocenters. The van der Waals surface area contributed by atoms with Crippen LogP contribution in [0.1, 0.15) is 23.6 Å². The lowest BCUT2D eigenvalue weighted by atomic mass is 10.1. The van der Waals surface area contributed by atoms with Crippen molar-refractivity contribution in [2.24, 2.45) is 10.9 Å². The zero-order valence-corrected chi connectivity index (χ0v) is 12.2. The first-order valence-corrected chi connectivity index (χ1v) is 6.74. The van der Waals surface area contributed by atoms with Crippen LogP contribution in [-0.4, -0.2) is 27.6 Å². The van der Waals surface area contributed by atoms with Crippen LogP contribution >= 0.6 is 0 Å². The van der Waals surface area contributed by atoms with Crippen LogP contribution < -0.4 is 10.6 Å². The SMILES string of the molecule is CCN(Cc1ccncc1)c1nccc(C)c1/C(N)=N/O. The summed E-state index contributed by atoms with van der Waals surface area (Å²) in [5, 5.41) is 12.1. The molecule has 6 nitrogen and oxygen atoms in total. The third-order valence-electron chi connectivity index (χ3n) is 3.31. The molecule has 21 heavy (non-hydrogen) atoms. The molecule has 0 aliphatic rings. The third kappa shape index (κ3) is 3.28. The first kappa shape index (κ1) is 14.8. The summed E-state index contributed by atoms with van der Waals surface area (Å²) in [6.45, 7) is 5.39. The van der Waals surface area contributed by atoms with E-state index in [0.29, 0.717) is 17.9 Å². The van der Waals surface area contributed by atoms with Crippen LogP contribution in [0.3, 0.4) is 0 Å². The van der Waals surface area contributed by atoms with Crippen LogP contribution in [0.4, 0.5) is 5.82 Å². The fourth-order valence-electron chi connectivity index (χ4n) is 2.20. The summed E-state index contributed by atoms with van der Waals surface area (Å²) in [4.78, 5) is 10.5. The van der Waals surface area contributed by atoms with Gasteiger partial charge in [-0.1, -0.05) is 5.16 Å². The van der Waals surface area contributed by atoms with Crippen molar-refractivity contribution >= 4 is 11.7 Å². The lowest BCUT2D eigenvalue weighted by molar-refractivity contribution is 0.318. The van der Waals surface area contributed by atoms with Crippen molar-refractivity contribution in [3.8, 4) is 0 Å². The van der Waals surface area contributed by atoms with Gasteiger partial charge in [-0.15, -0.1) is 0 Å². The molecule has 110 valence electrons. The summed E-state index contributed by atoms with van der Waals surface area (Å²) >= 11 is 0. The van der Waals surface area contributed by atoms with Gasteiger partial charge < -0.3 is 15.8 Å². The van der Waals surface area contributed by atoms with Crippen molar-refractivity contribution in [3.63, 3.8) is 0 Å². The highest BCUT2D eigenvalue weighted by Crippen LogP contribution is 2.22. The highest BCUT2D eigenvalue weighted by Gasteiger charge is 2.17. The molecule has 0 spiro atoms. The Kier molecular flexibility index (Phi) is 4.71. The molecule has 0 saturated carbocycles. The number of amidine groups is 1. The topological polar surface area (TPSA) is 87.6 Å². The summed E-state index contributed by atoms with van der Waals surface area (Å²) in [5.41, 5.74) is 8.51. The smallest absolute Gasteiger partial charge is 0.174 e. The molecule has 2 rings (SSSR count). The predicted molar refractivity (Wildman–Crippen MR) is 82.4 cm³/mol. The first-order valence-electron chi connectivity index (χ1n) is 6.74. The first-order chi connectivity index (χ1) is 10.2. The minimum Gasteiger partial charge on any atom is -0.409 e. The number of aryl methyl sites for hydroxylation is 1. The molecule has 0 saturated heterocycles. The van der Waals surface area contributed by atoms with E-state index in [4.69, 9.17) is 10.9 Å². The van der Waals surface area contributed by atoms with Gasteiger partial charge in [0.15, 0.2) is 5.84 Å². The summed E-state index contributed by atoms with van der Waals surface area (Å²) in [6, 6.07) is 5.76. The average molecular weight is 285 g/mol. The van der Waals surface area contributed by atoms with E-state index in [1.54, 1.807) is 18.6 Å². The van der Waals surface area contributed by atoms with Crippen molar-refractivity contribution < 1.29 is 5.21 Å². The molecule has 6 heteroatoms. The van der Waals surface area contributed by atoms with E-state index in [0.717, 1.165) is 17.7 Å². The molecule has 2 heterocycles. The zero-order chi connectivity index (χ0) is 15.2. The lowest BCUT2D eigenvalue weighted by Crippen LogP contribution is -2.28. The Morgan fingerprint density at radius 3 is 2.62 bits per heavy atom. The maximum absolute atomic E-state index is 8.99. The van der Waals surface area contributed by atoms with Gasteiger partial charge in [-0.2, -0.15) is 0 Å².